The number of unbranched alkanes of at least 4 members (excludes halogenated alkanes) is 1. The number of allylic oxidation sites excluding steroid dienone is 2. The standard InChI is InChI=1S/C22H27ClF2O5/c23-15-6-5-7-16(12-15)30-14-22(24,25)11-10-18-17(19(26)13-20(18)27)8-3-1-2-4-9-21(28)29/h1,3,5-7,10-12,17-20,26-27H,2,4,8-9,13-14H2,(H,28,29)/b3-1-,11-10+/t17-,18-,19+,20-/m1/s1. The zero-order valence-corrected chi connectivity index (χ0v) is 17.2. The molecule has 1 aromatic carbocycles. The third kappa shape index (κ3) is 8.05. The molecule has 0 amide bonds. The number of rotatable bonds is 11. The molecule has 0 bridgehead atoms. The molecule has 166 valence electrons. The first-order valence-electron chi connectivity index (χ1n) is 9.86. The molecular formula is C22H27ClF2O5. The minimum Gasteiger partial charge on any atom is -0.487 e. The van der Waals surface area contributed by atoms with Gasteiger partial charge in [-0.2, -0.15) is 8.78 Å². The summed E-state index contributed by atoms with van der Waals surface area (Å²) in [6, 6.07) is 6.18. The van der Waals surface area contributed by atoms with E-state index in [1.807, 2.05) is 6.08 Å². The summed E-state index contributed by atoms with van der Waals surface area (Å²) in [5, 5.41) is 29.4. The van der Waals surface area contributed by atoms with E-state index in [4.69, 9.17) is 21.4 Å². The fourth-order valence-electron chi connectivity index (χ4n) is 3.49. The van der Waals surface area contributed by atoms with Crippen LogP contribution in [0.1, 0.15) is 32.1 Å². The van der Waals surface area contributed by atoms with Crippen molar-refractivity contribution < 1.29 is 33.6 Å². The summed E-state index contributed by atoms with van der Waals surface area (Å²) in [6.45, 7) is -0.872. The minimum atomic E-state index is -3.26. The van der Waals surface area contributed by atoms with Gasteiger partial charge >= 0.3 is 5.97 Å². The van der Waals surface area contributed by atoms with Gasteiger partial charge in [0.2, 0.25) is 0 Å². The van der Waals surface area contributed by atoms with E-state index in [0.29, 0.717) is 30.4 Å². The van der Waals surface area contributed by atoms with Gasteiger partial charge in [0.25, 0.3) is 5.92 Å². The average molecular weight is 445 g/mol. The zero-order chi connectivity index (χ0) is 22.1. The highest BCUT2D eigenvalue weighted by Crippen LogP contribution is 2.37. The quantitative estimate of drug-likeness (QED) is 0.346. The molecule has 4 atom stereocenters. The lowest BCUT2D eigenvalue weighted by atomic mass is 9.89. The van der Waals surface area contributed by atoms with Crippen molar-refractivity contribution in [3.05, 3.63) is 53.6 Å². The van der Waals surface area contributed by atoms with Crippen molar-refractivity contribution in [1.82, 2.24) is 0 Å². The second-order valence-corrected chi connectivity index (χ2v) is 7.91. The van der Waals surface area contributed by atoms with E-state index in [1.54, 1.807) is 18.2 Å². The van der Waals surface area contributed by atoms with Gasteiger partial charge in [0.1, 0.15) is 5.75 Å². The zero-order valence-electron chi connectivity index (χ0n) is 16.5. The van der Waals surface area contributed by atoms with E-state index in [9.17, 15) is 23.8 Å². The molecule has 2 rings (SSSR count). The molecule has 1 saturated carbocycles. The Morgan fingerprint density at radius 3 is 2.73 bits per heavy atom. The van der Waals surface area contributed by atoms with E-state index in [1.165, 1.54) is 18.2 Å². The van der Waals surface area contributed by atoms with Crippen LogP contribution in [0.15, 0.2) is 48.6 Å². The van der Waals surface area contributed by atoms with Crippen LogP contribution < -0.4 is 4.74 Å². The number of carboxylic acid groups (broad SMARTS) is 1. The Labute approximate surface area is 179 Å². The molecule has 8 heteroatoms. The Morgan fingerprint density at radius 1 is 1.27 bits per heavy atom. The van der Waals surface area contributed by atoms with E-state index in [0.717, 1.165) is 0 Å². The maximum absolute atomic E-state index is 14.2. The summed E-state index contributed by atoms with van der Waals surface area (Å²) in [5.74, 6) is -4.88. The molecule has 1 aliphatic carbocycles. The number of carboxylic acids is 1. The predicted molar refractivity (Wildman–Crippen MR) is 110 cm³/mol. The summed E-state index contributed by atoms with van der Waals surface area (Å²) >= 11 is 5.81. The lowest BCUT2D eigenvalue weighted by Gasteiger charge is -2.20. The highest BCUT2D eigenvalue weighted by Gasteiger charge is 2.40. The molecule has 0 radical (unpaired) electrons. The third-order valence-corrected chi connectivity index (χ3v) is 5.28. The largest absolute Gasteiger partial charge is 0.487 e. The SMILES string of the molecule is O=C(O)CCC/C=C\C[C@@H]1[C@@H](/C=C/C(F)(F)COc2cccc(Cl)c2)[C@H](O)C[C@@H]1O. The van der Waals surface area contributed by atoms with Crippen LogP contribution in [0, 0.1) is 11.8 Å². The van der Waals surface area contributed by atoms with Crippen molar-refractivity contribution in [2.24, 2.45) is 11.8 Å². The maximum Gasteiger partial charge on any atom is 0.303 e. The summed E-state index contributed by atoms with van der Waals surface area (Å²) in [4.78, 5) is 10.5. The number of carbonyl (C=O) groups is 1. The van der Waals surface area contributed by atoms with Crippen LogP contribution in [0.4, 0.5) is 8.78 Å². The number of aliphatic carboxylic acids is 1. The van der Waals surface area contributed by atoms with Crippen molar-refractivity contribution in [1.29, 1.82) is 0 Å². The molecule has 1 aliphatic rings. The molecule has 30 heavy (non-hydrogen) atoms. The molecule has 1 fully saturated rings. The molecule has 0 aromatic heterocycles. The average Bonchev–Trinajstić information content (AvgIpc) is 2.94. The van der Waals surface area contributed by atoms with Gasteiger partial charge in [-0.05, 0) is 49.5 Å². The first kappa shape index (κ1) is 24.3. The van der Waals surface area contributed by atoms with Crippen molar-refractivity contribution in [3.8, 4) is 5.75 Å². The van der Waals surface area contributed by atoms with Gasteiger partial charge in [0.05, 0.1) is 12.2 Å². The predicted octanol–water partition coefficient (Wildman–Crippen LogP) is 4.47. The van der Waals surface area contributed by atoms with Gasteiger partial charge in [-0.25, -0.2) is 0 Å². The highest BCUT2D eigenvalue weighted by atomic mass is 35.5. The van der Waals surface area contributed by atoms with Crippen LogP contribution in [0.3, 0.4) is 0 Å². The van der Waals surface area contributed by atoms with E-state index in [2.05, 4.69) is 0 Å². The van der Waals surface area contributed by atoms with Gasteiger partial charge in [0.15, 0.2) is 6.61 Å². The Hall–Kier alpha value is -1.96. The summed E-state index contributed by atoms with van der Waals surface area (Å²) in [5.41, 5.74) is 0. The smallest absolute Gasteiger partial charge is 0.303 e. The Balaban J connectivity index is 1.91. The number of halogens is 3. The van der Waals surface area contributed by atoms with Gasteiger partial charge in [-0.1, -0.05) is 35.9 Å². The molecular weight excluding hydrogens is 418 g/mol. The van der Waals surface area contributed by atoms with Crippen LogP contribution in [-0.4, -0.2) is 46.0 Å². The van der Waals surface area contributed by atoms with E-state index in [-0.39, 0.29) is 18.6 Å². The Kier molecular flexibility index (Phi) is 9.27. The molecule has 0 heterocycles. The van der Waals surface area contributed by atoms with Crippen LogP contribution in [0.2, 0.25) is 5.02 Å². The Bertz CT molecular complexity index is 753. The number of ether oxygens (including phenoxy) is 1. The topological polar surface area (TPSA) is 87.0 Å². The summed E-state index contributed by atoms with van der Waals surface area (Å²) in [6.07, 6.45) is 5.57. The van der Waals surface area contributed by atoms with Gasteiger partial charge in [-0.15, -0.1) is 0 Å². The van der Waals surface area contributed by atoms with E-state index < -0.39 is 42.5 Å². The van der Waals surface area contributed by atoms with Gasteiger partial charge in [0, 0.05) is 23.8 Å². The van der Waals surface area contributed by atoms with Crippen molar-refractivity contribution in [2.45, 2.75) is 50.2 Å². The monoisotopic (exact) mass is 444 g/mol. The molecule has 3 N–H and O–H groups in total. The van der Waals surface area contributed by atoms with E-state index >= 15 is 0 Å². The first-order chi connectivity index (χ1) is 14.2. The van der Waals surface area contributed by atoms with Crippen molar-refractivity contribution in [2.75, 3.05) is 6.61 Å². The van der Waals surface area contributed by atoms with Gasteiger partial charge < -0.3 is 20.1 Å². The molecule has 1 aromatic rings. The number of alkyl halides is 2. The minimum absolute atomic E-state index is 0.0762. The molecule has 5 nitrogen and oxygen atoms in total. The number of benzene rings is 1. The van der Waals surface area contributed by atoms with Crippen LogP contribution in [0.5, 0.6) is 5.75 Å². The molecule has 0 unspecified atom stereocenters. The number of aliphatic hydroxyl groups excluding tert-OH is 2. The fraction of sp³-hybridized carbons (Fsp3) is 0.500. The lowest BCUT2D eigenvalue weighted by molar-refractivity contribution is -0.137. The van der Waals surface area contributed by atoms with Crippen LogP contribution in [-0.2, 0) is 4.79 Å². The van der Waals surface area contributed by atoms with Gasteiger partial charge in [-0.3, -0.25) is 4.79 Å². The summed E-state index contributed by atoms with van der Waals surface area (Å²) in [7, 11) is 0. The summed E-state index contributed by atoms with van der Waals surface area (Å²) < 4.78 is 33.6. The Morgan fingerprint density at radius 2 is 2.03 bits per heavy atom. The van der Waals surface area contributed by atoms with Crippen molar-refractivity contribution in [3.63, 3.8) is 0 Å². The maximum atomic E-state index is 14.2. The first-order valence-corrected chi connectivity index (χ1v) is 10.2. The number of aliphatic hydroxyl groups is 2. The molecule has 0 saturated heterocycles. The number of hydrogen-bond acceptors (Lipinski definition) is 4. The third-order valence-electron chi connectivity index (χ3n) is 5.04. The van der Waals surface area contributed by atoms with Crippen LogP contribution in [0.25, 0.3) is 0 Å². The number of hydrogen-bond donors (Lipinski definition) is 3. The second kappa shape index (κ2) is 11.4. The second-order valence-electron chi connectivity index (χ2n) is 7.47. The fourth-order valence-corrected chi connectivity index (χ4v) is 3.67. The highest BCUT2D eigenvalue weighted by molar-refractivity contribution is 6.30. The molecule has 0 spiro atoms. The normalized spacial score (nSPS) is 24.7. The molecule has 0 aliphatic heterocycles. The van der Waals surface area contributed by atoms with Crippen molar-refractivity contribution >= 4 is 17.6 Å². The lowest BCUT2D eigenvalue weighted by Crippen LogP contribution is -2.25. The van der Waals surface area contributed by atoms with Crippen LogP contribution >= 0.6 is 11.6 Å².